The summed E-state index contributed by atoms with van der Waals surface area (Å²) in [5, 5.41) is 13.9. The predicted molar refractivity (Wildman–Crippen MR) is 123 cm³/mol. The van der Waals surface area contributed by atoms with Gasteiger partial charge in [0, 0.05) is 29.3 Å². The van der Waals surface area contributed by atoms with Crippen molar-refractivity contribution in [1.29, 1.82) is 0 Å². The van der Waals surface area contributed by atoms with Crippen molar-refractivity contribution >= 4 is 29.3 Å². The molecule has 0 saturated heterocycles. The molecule has 0 fully saturated rings. The Morgan fingerprint density at radius 3 is 2.18 bits per heavy atom. The Morgan fingerprint density at radius 2 is 1.50 bits per heavy atom. The summed E-state index contributed by atoms with van der Waals surface area (Å²) in [6, 6.07) is 14.7. The number of aromatic nitrogens is 4. The molecule has 0 radical (unpaired) electrons. The molecule has 172 valence electrons. The fourth-order valence-corrected chi connectivity index (χ4v) is 3.75. The van der Waals surface area contributed by atoms with Crippen molar-refractivity contribution < 1.29 is 18.4 Å². The van der Waals surface area contributed by atoms with Gasteiger partial charge in [-0.15, -0.1) is 10.2 Å². The van der Waals surface area contributed by atoms with E-state index in [1.54, 1.807) is 41.2 Å². The predicted octanol–water partition coefficient (Wildman–Crippen LogP) is 3.45. The highest BCUT2D eigenvalue weighted by Gasteiger charge is 2.17. The van der Waals surface area contributed by atoms with E-state index in [9.17, 15) is 18.4 Å². The summed E-state index contributed by atoms with van der Waals surface area (Å²) < 4.78 is 28.1. The van der Waals surface area contributed by atoms with Crippen LogP contribution in [0.4, 0.5) is 14.5 Å². The molecule has 0 spiro atoms. The molecule has 2 heterocycles. The Bertz CT molecular complexity index is 1280. The third-order valence-corrected chi connectivity index (χ3v) is 5.49. The molecule has 34 heavy (non-hydrogen) atoms. The minimum atomic E-state index is -0.445. The molecular formula is C23H18F2N6O2S. The molecule has 8 nitrogen and oxygen atoms in total. The molecule has 0 aliphatic rings. The normalized spacial score (nSPS) is 10.6. The van der Waals surface area contributed by atoms with Gasteiger partial charge in [-0.25, -0.2) is 8.78 Å². The maximum atomic E-state index is 13.5. The number of thioether (sulfide) groups is 1. The molecule has 11 heteroatoms. The fraction of sp³-hybridized carbons (Fsp3) is 0.0870. The summed E-state index contributed by atoms with van der Waals surface area (Å²) >= 11 is 1.12. The van der Waals surface area contributed by atoms with Crippen LogP contribution in [-0.2, 0) is 9.59 Å². The molecule has 2 N–H and O–H groups in total. The molecule has 0 aliphatic carbocycles. The van der Waals surface area contributed by atoms with Gasteiger partial charge in [-0.1, -0.05) is 11.8 Å². The summed E-state index contributed by atoms with van der Waals surface area (Å²) in [5.41, 5.74) is 1.80. The average Bonchev–Trinajstić information content (AvgIpc) is 3.28. The highest BCUT2D eigenvalue weighted by atomic mass is 32.2. The van der Waals surface area contributed by atoms with Crippen LogP contribution in [0.1, 0.15) is 0 Å². The largest absolute Gasteiger partial charge is 0.346 e. The van der Waals surface area contributed by atoms with Crippen molar-refractivity contribution in [2.75, 3.05) is 17.6 Å². The Hall–Kier alpha value is -4.12. The van der Waals surface area contributed by atoms with Crippen molar-refractivity contribution in [2.24, 2.45) is 0 Å². The summed E-state index contributed by atoms with van der Waals surface area (Å²) in [6.45, 7) is -0.246. The summed E-state index contributed by atoms with van der Waals surface area (Å²) in [7, 11) is 0. The lowest BCUT2D eigenvalue weighted by Crippen LogP contribution is -2.33. The highest BCUT2D eigenvalue weighted by Crippen LogP contribution is 2.27. The Morgan fingerprint density at radius 1 is 0.853 bits per heavy atom. The number of pyridine rings is 1. The number of hydrogen-bond donors (Lipinski definition) is 2. The number of nitrogens with zero attached hydrogens (tertiary/aromatic N) is 4. The first kappa shape index (κ1) is 23.1. The van der Waals surface area contributed by atoms with Gasteiger partial charge in [-0.05, 0) is 60.7 Å². The van der Waals surface area contributed by atoms with Gasteiger partial charge in [-0.3, -0.25) is 19.1 Å². The second kappa shape index (κ2) is 10.7. The van der Waals surface area contributed by atoms with Crippen LogP contribution in [0.3, 0.4) is 0 Å². The van der Waals surface area contributed by atoms with E-state index in [1.807, 2.05) is 0 Å². The monoisotopic (exact) mass is 480 g/mol. The van der Waals surface area contributed by atoms with Gasteiger partial charge in [-0.2, -0.15) is 0 Å². The van der Waals surface area contributed by atoms with E-state index < -0.39 is 17.6 Å². The molecule has 0 unspecified atom stereocenters. The topological polar surface area (TPSA) is 102 Å². The fourth-order valence-electron chi connectivity index (χ4n) is 2.97. The van der Waals surface area contributed by atoms with Crippen LogP contribution in [0.15, 0.2) is 78.2 Å². The zero-order chi connectivity index (χ0) is 23.9. The lowest BCUT2D eigenvalue weighted by atomic mass is 10.2. The van der Waals surface area contributed by atoms with Gasteiger partial charge < -0.3 is 10.6 Å². The van der Waals surface area contributed by atoms with Crippen LogP contribution >= 0.6 is 11.8 Å². The summed E-state index contributed by atoms with van der Waals surface area (Å²) in [6.07, 6.45) is 3.24. The van der Waals surface area contributed by atoms with E-state index in [1.165, 1.54) is 36.4 Å². The molecule has 2 aromatic heterocycles. The molecule has 2 amide bonds. The SMILES string of the molecule is O=C(CSc1nnc(-c2ccncc2)n1-c1ccc(F)cc1)NCC(=O)Nc1ccc(F)cc1. The number of hydrogen-bond acceptors (Lipinski definition) is 6. The first-order chi connectivity index (χ1) is 16.5. The lowest BCUT2D eigenvalue weighted by molar-refractivity contribution is -0.122. The number of rotatable bonds is 8. The number of anilines is 1. The first-order valence-electron chi connectivity index (χ1n) is 10.1. The van der Waals surface area contributed by atoms with Crippen molar-refractivity contribution in [2.45, 2.75) is 5.16 Å². The van der Waals surface area contributed by atoms with Crippen LogP contribution in [0.2, 0.25) is 0 Å². The van der Waals surface area contributed by atoms with Crippen molar-refractivity contribution in [3.8, 4) is 17.1 Å². The number of halogens is 2. The number of nitrogens with one attached hydrogen (secondary N) is 2. The molecule has 2 aromatic carbocycles. The van der Waals surface area contributed by atoms with Crippen LogP contribution in [0.5, 0.6) is 0 Å². The van der Waals surface area contributed by atoms with E-state index >= 15 is 0 Å². The number of amides is 2. The van der Waals surface area contributed by atoms with Crippen LogP contribution in [0.25, 0.3) is 17.1 Å². The molecule has 0 atom stereocenters. The molecular weight excluding hydrogens is 462 g/mol. The third-order valence-electron chi connectivity index (χ3n) is 4.56. The first-order valence-corrected chi connectivity index (χ1v) is 11.0. The minimum absolute atomic E-state index is 0.0283. The van der Waals surface area contributed by atoms with E-state index in [2.05, 4.69) is 25.8 Å². The zero-order valence-corrected chi connectivity index (χ0v) is 18.4. The summed E-state index contributed by atoms with van der Waals surface area (Å²) in [5.74, 6) is -1.15. The van der Waals surface area contributed by atoms with Gasteiger partial charge >= 0.3 is 0 Å². The van der Waals surface area contributed by atoms with Gasteiger partial charge in [0.25, 0.3) is 0 Å². The minimum Gasteiger partial charge on any atom is -0.346 e. The van der Waals surface area contributed by atoms with Crippen LogP contribution in [0, 0.1) is 11.6 Å². The highest BCUT2D eigenvalue weighted by molar-refractivity contribution is 7.99. The molecule has 4 aromatic rings. The summed E-state index contributed by atoms with van der Waals surface area (Å²) in [4.78, 5) is 28.3. The lowest BCUT2D eigenvalue weighted by Gasteiger charge is -2.10. The second-order valence-corrected chi connectivity index (χ2v) is 7.92. The van der Waals surface area contributed by atoms with Crippen LogP contribution < -0.4 is 10.6 Å². The van der Waals surface area contributed by atoms with Crippen molar-refractivity contribution in [3.05, 3.63) is 84.7 Å². The van der Waals surface area contributed by atoms with E-state index in [0.29, 0.717) is 22.4 Å². The number of carbonyl (C=O) groups is 2. The Labute approximate surface area is 197 Å². The molecule has 0 saturated carbocycles. The van der Waals surface area contributed by atoms with Gasteiger partial charge in [0.2, 0.25) is 11.8 Å². The average molecular weight is 481 g/mol. The second-order valence-electron chi connectivity index (χ2n) is 6.97. The van der Waals surface area contributed by atoms with Gasteiger partial charge in [0.15, 0.2) is 11.0 Å². The maximum Gasteiger partial charge on any atom is 0.243 e. The van der Waals surface area contributed by atoms with Gasteiger partial charge in [0.1, 0.15) is 11.6 Å². The Kier molecular flexibility index (Phi) is 7.23. The Balaban J connectivity index is 1.41. The zero-order valence-electron chi connectivity index (χ0n) is 17.6. The number of benzene rings is 2. The molecule has 0 aliphatic heterocycles. The van der Waals surface area contributed by atoms with Crippen molar-refractivity contribution in [3.63, 3.8) is 0 Å². The smallest absolute Gasteiger partial charge is 0.243 e. The third kappa shape index (κ3) is 5.81. The standard InChI is InChI=1S/C23H18F2N6O2S/c24-16-1-5-18(6-2-16)28-20(32)13-27-21(33)14-34-23-30-29-22(15-9-11-26-12-10-15)31(23)19-7-3-17(25)4-8-19/h1-12H,13-14H2,(H,27,33)(H,28,32). The van der Waals surface area contributed by atoms with E-state index in [-0.39, 0.29) is 18.1 Å². The van der Waals surface area contributed by atoms with E-state index in [4.69, 9.17) is 0 Å². The quantitative estimate of drug-likeness (QED) is 0.375. The molecule has 4 rings (SSSR count). The van der Waals surface area contributed by atoms with Crippen molar-refractivity contribution in [1.82, 2.24) is 25.1 Å². The maximum absolute atomic E-state index is 13.5. The van der Waals surface area contributed by atoms with E-state index in [0.717, 1.165) is 17.3 Å². The number of carbonyl (C=O) groups excluding carboxylic acids is 2. The van der Waals surface area contributed by atoms with Gasteiger partial charge in [0.05, 0.1) is 12.3 Å². The molecule has 0 bridgehead atoms. The van der Waals surface area contributed by atoms with Crippen LogP contribution in [-0.4, -0.2) is 43.9 Å².